The first-order valence-corrected chi connectivity index (χ1v) is 8.87. The van der Waals surface area contributed by atoms with Crippen LogP contribution in [-0.4, -0.2) is 15.2 Å². The Labute approximate surface area is 151 Å². The van der Waals surface area contributed by atoms with Crippen LogP contribution in [0.4, 0.5) is 5.69 Å². The molecule has 1 aliphatic heterocycles. The zero-order chi connectivity index (χ0) is 17.3. The molecule has 0 saturated carbocycles. The van der Waals surface area contributed by atoms with E-state index in [1.165, 1.54) is 22.2 Å². The van der Waals surface area contributed by atoms with Gasteiger partial charge >= 0.3 is 0 Å². The Bertz CT molecular complexity index is 806. The fourth-order valence-electron chi connectivity index (χ4n) is 2.41. The van der Waals surface area contributed by atoms with E-state index in [2.05, 4.69) is 37.9 Å². The molecule has 2 aromatic rings. The molecular weight excluding hydrogens is 336 g/mol. The second-order valence-corrected chi connectivity index (χ2v) is 8.28. The highest BCUT2D eigenvalue weighted by Gasteiger charge is 2.33. The number of hydrogen-bond donors (Lipinski definition) is 0. The highest BCUT2D eigenvalue weighted by molar-refractivity contribution is 8.27. The van der Waals surface area contributed by atoms with Gasteiger partial charge in [0.15, 0.2) is 4.32 Å². The van der Waals surface area contributed by atoms with Gasteiger partial charge in [-0.15, -0.1) is 0 Å². The van der Waals surface area contributed by atoms with Crippen LogP contribution in [0.1, 0.15) is 31.9 Å². The minimum Gasteiger partial charge on any atom is -0.268 e. The van der Waals surface area contributed by atoms with Gasteiger partial charge in [-0.3, -0.25) is 14.7 Å². The van der Waals surface area contributed by atoms with Crippen molar-refractivity contribution in [3.05, 3.63) is 64.8 Å². The van der Waals surface area contributed by atoms with E-state index in [1.807, 2.05) is 24.3 Å². The molecule has 3 nitrogen and oxygen atoms in total. The standard InChI is InChI=1S/C19H18N2OS2/c1-19(2,3)14-8-6-13(7-9-14)11-16-17(22)21(18(23)24-16)15-5-4-10-20-12-15/h4-12H,1-3H3/b16-11+. The van der Waals surface area contributed by atoms with Crippen LogP contribution in [-0.2, 0) is 10.2 Å². The van der Waals surface area contributed by atoms with E-state index in [9.17, 15) is 4.79 Å². The van der Waals surface area contributed by atoms with Gasteiger partial charge in [-0.25, -0.2) is 0 Å². The van der Waals surface area contributed by atoms with Crippen molar-refractivity contribution in [2.75, 3.05) is 4.90 Å². The van der Waals surface area contributed by atoms with Crippen molar-refractivity contribution in [1.29, 1.82) is 0 Å². The number of carbonyl (C=O) groups is 1. The summed E-state index contributed by atoms with van der Waals surface area (Å²) >= 11 is 6.68. The Morgan fingerprint density at radius 3 is 2.46 bits per heavy atom. The van der Waals surface area contributed by atoms with E-state index < -0.39 is 0 Å². The molecule has 0 unspecified atom stereocenters. The summed E-state index contributed by atoms with van der Waals surface area (Å²) in [5.74, 6) is -0.0992. The first-order valence-electron chi connectivity index (χ1n) is 7.65. The van der Waals surface area contributed by atoms with Crippen LogP contribution in [0, 0.1) is 0 Å². The van der Waals surface area contributed by atoms with Crippen molar-refractivity contribution in [2.24, 2.45) is 0 Å². The Hall–Kier alpha value is -1.98. The lowest BCUT2D eigenvalue weighted by Gasteiger charge is -2.18. The quantitative estimate of drug-likeness (QED) is 0.574. The lowest BCUT2D eigenvalue weighted by Crippen LogP contribution is -2.27. The SMILES string of the molecule is CC(C)(C)c1ccc(/C=C2/SC(=S)N(c3cccnc3)C2=O)cc1. The summed E-state index contributed by atoms with van der Waals surface area (Å²) in [7, 11) is 0. The number of hydrogen-bond acceptors (Lipinski definition) is 4. The van der Waals surface area contributed by atoms with Crippen LogP contribution in [0.5, 0.6) is 0 Å². The molecule has 122 valence electrons. The summed E-state index contributed by atoms with van der Waals surface area (Å²) < 4.78 is 0.533. The fraction of sp³-hybridized carbons (Fsp3) is 0.211. The van der Waals surface area contributed by atoms with Gasteiger partial charge in [0, 0.05) is 6.20 Å². The number of thiocarbonyl (C=S) groups is 1. The minimum atomic E-state index is -0.0992. The number of aromatic nitrogens is 1. The summed E-state index contributed by atoms with van der Waals surface area (Å²) in [6, 6.07) is 11.9. The van der Waals surface area contributed by atoms with Gasteiger partial charge in [0.2, 0.25) is 0 Å². The largest absolute Gasteiger partial charge is 0.270 e. The maximum atomic E-state index is 12.7. The molecule has 1 amide bonds. The summed E-state index contributed by atoms with van der Waals surface area (Å²) in [5, 5.41) is 0. The normalized spacial score (nSPS) is 17.0. The zero-order valence-corrected chi connectivity index (χ0v) is 15.4. The van der Waals surface area contributed by atoms with Crippen molar-refractivity contribution < 1.29 is 4.79 Å². The summed E-state index contributed by atoms with van der Waals surface area (Å²) in [4.78, 5) is 18.9. The Morgan fingerprint density at radius 2 is 1.88 bits per heavy atom. The summed E-state index contributed by atoms with van der Waals surface area (Å²) in [5.41, 5.74) is 3.08. The number of benzene rings is 1. The van der Waals surface area contributed by atoms with E-state index in [0.29, 0.717) is 14.9 Å². The average Bonchev–Trinajstić information content (AvgIpc) is 2.82. The molecule has 0 N–H and O–H groups in total. The van der Waals surface area contributed by atoms with Crippen LogP contribution in [0.2, 0.25) is 0 Å². The van der Waals surface area contributed by atoms with E-state index >= 15 is 0 Å². The number of thioether (sulfide) groups is 1. The molecule has 0 aliphatic carbocycles. The monoisotopic (exact) mass is 354 g/mol. The number of pyridine rings is 1. The van der Waals surface area contributed by atoms with Gasteiger partial charge in [0.05, 0.1) is 16.8 Å². The maximum absolute atomic E-state index is 12.7. The minimum absolute atomic E-state index is 0.0992. The first-order chi connectivity index (χ1) is 11.4. The van der Waals surface area contributed by atoms with Gasteiger partial charge in [0.25, 0.3) is 5.91 Å². The number of nitrogens with zero attached hydrogens (tertiary/aromatic N) is 2. The third-order valence-electron chi connectivity index (χ3n) is 3.77. The van der Waals surface area contributed by atoms with Gasteiger partial charge in [0.1, 0.15) is 0 Å². The van der Waals surface area contributed by atoms with Gasteiger partial charge in [-0.1, -0.05) is 69.0 Å². The summed E-state index contributed by atoms with van der Waals surface area (Å²) in [6.45, 7) is 6.54. The molecule has 0 radical (unpaired) electrons. The topological polar surface area (TPSA) is 33.2 Å². The molecule has 24 heavy (non-hydrogen) atoms. The molecule has 5 heteroatoms. The fourth-order valence-corrected chi connectivity index (χ4v) is 3.71. The number of amides is 1. The number of anilines is 1. The predicted octanol–water partition coefficient (Wildman–Crippen LogP) is 4.78. The van der Waals surface area contributed by atoms with Crippen LogP contribution >= 0.6 is 24.0 Å². The van der Waals surface area contributed by atoms with Crippen LogP contribution < -0.4 is 4.90 Å². The van der Waals surface area contributed by atoms with Crippen molar-refractivity contribution in [2.45, 2.75) is 26.2 Å². The van der Waals surface area contributed by atoms with E-state index in [1.54, 1.807) is 18.5 Å². The Balaban J connectivity index is 1.87. The third-order valence-corrected chi connectivity index (χ3v) is 5.07. The molecule has 0 bridgehead atoms. The molecule has 1 saturated heterocycles. The zero-order valence-electron chi connectivity index (χ0n) is 13.8. The lowest BCUT2D eigenvalue weighted by atomic mass is 9.87. The van der Waals surface area contributed by atoms with Crippen molar-refractivity contribution >= 4 is 46.0 Å². The molecule has 1 aromatic heterocycles. The average molecular weight is 355 g/mol. The third kappa shape index (κ3) is 3.42. The second-order valence-electron chi connectivity index (χ2n) is 6.60. The molecule has 3 rings (SSSR count). The smallest absolute Gasteiger partial charge is 0.268 e. The molecule has 0 spiro atoms. The van der Waals surface area contributed by atoms with Crippen LogP contribution in [0.3, 0.4) is 0 Å². The highest BCUT2D eigenvalue weighted by atomic mass is 32.2. The molecule has 1 fully saturated rings. The van der Waals surface area contributed by atoms with Crippen molar-refractivity contribution in [1.82, 2.24) is 4.98 Å². The van der Waals surface area contributed by atoms with Gasteiger partial charge in [-0.05, 0) is 34.8 Å². The lowest BCUT2D eigenvalue weighted by molar-refractivity contribution is -0.113. The second kappa shape index (κ2) is 6.49. The molecule has 1 aromatic carbocycles. The predicted molar refractivity (Wildman–Crippen MR) is 105 cm³/mol. The number of carbonyl (C=O) groups excluding carboxylic acids is 1. The van der Waals surface area contributed by atoms with Crippen molar-refractivity contribution in [3.8, 4) is 0 Å². The van der Waals surface area contributed by atoms with Gasteiger partial charge in [-0.2, -0.15) is 0 Å². The van der Waals surface area contributed by atoms with Gasteiger partial charge < -0.3 is 0 Å². The Kier molecular flexibility index (Phi) is 4.56. The summed E-state index contributed by atoms with van der Waals surface area (Å²) in [6.07, 6.45) is 5.21. The number of rotatable bonds is 2. The van der Waals surface area contributed by atoms with E-state index in [-0.39, 0.29) is 11.3 Å². The van der Waals surface area contributed by atoms with Crippen LogP contribution in [0.25, 0.3) is 6.08 Å². The molecular formula is C19H18N2OS2. The molecule has 0 atom stereocenters. The highest BCUT2D eigenvalue weighted by Crippen LogP contribution is 2.35. The van der Waals surface area contributed by atoms with Crippen molar-refractivity contribution in [3.63, 3.8) is 0 Å². The van der Waals surface area contributed by atoms with Crippen LogP contribution in [0.15, 0.2) is 53.7 Å². The first kappa shape index (κ1) is 16.9. The molecule has 2 heterocycles. The Morgan fingerprint density at radius 1 is 1.17 bits per heavy atom. The maximum Gasteiger partial charge on any atom is 0.270 e. The van der Waals surface area contributed by atoms with E-state index in [4.69, 9.17) is 12.2 Å². The molecule has 1 aliphatic rings. The van der Waals surface area contributed by atoms with E-state index in [0.717, 1.165) is 5.56 Å².